The summed E-state index contributed by atoms with van der Waals surface area (Å²) in [5, 5.41) is 3.35. The number of hydrogen-bond acceptors (Lipinski definition) is 3. The van der Waals surface area contributed by atoms with E-state index >= 15 is 0 Å². The highest BCUT2D eigenvalue weighted by Crippen LogP contribution is 2.30. The minimum atomic E-state index is -0.417. The Morgan fingerprint density at radius 3 is 2.79 bits per heavy atom. The van der Waals surface area contributed by atoms with E-state index in [0.29, 0.717) is 17.2 Å². The molecule has 19 heavy (non-hydrogen) atoms. The first kappa shape index (κ1) is 13.7. The number of carbonyl (C=O) groups excluding carboxylic acids is 1. The summed E-state index contributed by atoms with van der Waals surface area (Å²) >= 11 is 0. The summed E-state index contributed by atoms with van der Waals surface area (Å²) < 4.78 is 0. The molecule has 2 atom stereocenters. The lowest BCUT2D eigenvalue weighted by atomic mass is 9.80. The predicted octanol–water partition coefficient (Wildman–Crippen LogP) is 2.61. The van der Waals surface area contributed by atoms with E-state index in [1.807, 2.05) is 0 Å². The lowest BCUT2D eigenvalue weighted by Gasteiger charge is -2.29. The Labute approximate surface area is 114 Å². The summed E-state index contributed by atoms with van der Waals surface area (Å²) in [7, 11) is 0. The Morgan fingerprint density at radius 1 is 1.37 bits per heavy atom. The summed E-state index contributed by atoms with van der Waals surface area (Å²) in [6, 6.07) is 5.17. The van der Waals surface area contributed by atoms with Crippen LogP contribution >= 0.6 is 0 Å². The van der Waals surface area contributed by atoms with E-state index < -0.39 is 5.91 Å². The van der Waals surface area contributed by atoms with Gasteiger partial charge in [0.25, 0.3) is 5.91 Å². The van der Waals surface area contributed by atoms with E-state index in [9.17, 15) is 4.79 Å². The molecule has 5 N–H and O–H groups in total. The van der Waals surface area contributed by atoms with Crippen LogP contribution in [-0.2, 0) is 0 Å². The van der Waals surface area contributed by atoms with Crippen molar-refractivity contribution in [2.75, 3.05) is 17.6 Å². The molecule has 1 aliphatic rings. The van der Waals surface area contributed by atoms with Crippen LogP contribution in [0.3, 0.4) is 0 Å². The number of carbonyl (C=O) groups is 1. The van der Waals surface area contributed by atoms with Crippen LogP contribution in [0.2, 0.25) is 0 Å². The summed E-state index contributed by atoms with van der Waals surface area (Å²) in [5.41, 5.74) is 13.1. The maximum Gasteiger partial charge on any atom is 0.250 e. The molecule has 4 nitrogen and oxygen atoms in total. The Hall–Kier alpha value is -1.71. The van der Waals surface area contributed by atoms with Crippen molar-refractivity contribution in [1.29, 1.82) is 0 Å². The first-order valence-electron chi connectivity index (χ1n) is 7.01. The zero-order valence-electron chi connectivity index (χ0n) is 11.5. The zero-order valence-corrected chi connectivity index (χ0v) is 11.5. The summed E-state index contributed by atoms with van der Waals surface area (Å²) in [6.07, 6.45) is 5.19. The van der Waals surface area contributed by atoms with Gasteiger partial charge in [-0.1, -0.05) is 26.2 Å². The first-order valence-corrected chi connectivity index (χ1v) is 7.01. The molecule has 0 bridgehead atoms. The normalized spacial score (nSPS) is 23.0. The van der Waals surface area contributed by atoms with Crippen molar-refractivity contribution in [2.24, 2.45) is 17.6 Å². The van der Waals surface area contributed by atoms with E-state index in [2.05, 4.69) is 12.2 Å². The van der Waals surface area contributed by atoms with E-state index in [0.717, 1.165) is 18.2 Å². The van der Waals surface area contributed by atoms with Gasteiger partial charge in [-0.2, -0.15) is 0 Å². The largest absolute Gasteiger partial charge is 0.399 e. The molecule has 2 unspecified atom stereocenters. The van der Waals surface area contributed by atoms with Gasteiger partial charge in [-0.3, -0.25) is 4.79 Å². The summed E-state index contributed by atoms with van der Waals surface area (Å²) in [5.74, 6) is 0.981. The minimum absolute atomic E-state index is 0.417. The number of nitrogens with one attached hydrogen (secondary N) is 1. The van der Waals surface area contributed by atoms with Gasteiger partial charge in [-0.05, 0) is 36.5 Å². The van der Waals surface area contributed by atoms with Gasteiger partial charge in [-0.15, -0.1) is 0 Å². The molecule has 1 saturated carbocycles. The molecule has 4 heteroatoms. The highest BCUT2D eigenvalue weighted by atomic mass is 16.1. The van der Waals surface area contributed by atoms with Crippen molar-refractivity contribution >= 4 is 17.3 Å². The number of nitrogens with two attached hydrogens (primary N) is 2. The van der Waals surface area contributed by atoms with E-state index in [4.69, 9.17) is 11.5 Å². The number of amides is 1. The maximum absolute atomic E-state index is 11.4. The van der Waals surface area contributed by atoms with Crippen LogP contribution in [0.5, 0.6) is 0 Å². The fraction of sp³-hybridized carbons (Fsp3) is 0.533. The van der Waals surface area contributed by atoms with Gasteiger partial charge in [0.15, 0.2) is 0 Å². The third-order valence-corrected chi connectivity index (χ3v) is 4.15. The number of benzene rings is 1. The van der Waals surface area contributed by atoms with E-state index in [-0.39, 0.29) is 0 Å². The van der Waals surface area contributed by atoms with Crippen LogP contribution in [0.15, 0.2) is 18.2 Å². The third kappa shape index (κ3) is 3.40. The maximum atomic E-state index is 11.4. The molecule has 1 aromatic carbocycles. The van der Waals surface area contributed by atoms with E-state index in [1.165, 1.54) is 25.7 Å². The Kier molecular flexibility index (Phi) is 4.30. The van der Waals surface area contributed by atoms with Gasteiger partial charge in [-0.25, -0.2) is 0 Å². The van der Waals surface area contributed by atoms with Crippen molar-refractivity contribution in [3.63, 3.8) is 0 Å². The van der Waals surface area contributed by atoms with Crippen LogP contribution in [0.4, 0.5) is 11.4 Å². The predicted molar refractivity (Wildman–Crippen MR) is 79.0 cm³/mol. The van der Waals surface area contributed by atoms with Gasteiger partial charge < -0.3 is 16.8 Å². The second kappa shape index (κ2) is 5.95. The lowest BCUT2D eigenvalue weighted by Crippen LogP contribution is -2.25. The minimum Gasteiger partial charge on any atom is -0.399 e. The average molecular weight is 261 g/mol. The van der Waals surface area contributed by atoms with Gasteiger partial charge in [0.2, 0.25) is 0 Å². The quantitative estimate of drug-likeness (QED) is 0.729. The molecule has 1 aromatic rings. The summed E-state index contributed by atoms with van der Waals surface area (Å²) in [6.45, 7) is 3.19. The van der Waals surface area contributed by atoms with Crippen molar-refractivity contribution < 1.29 is 4.79 Å². The molecule has 0 aromatic heterocycles. The SMILES string of the molecule is CC1CCCCC1CNc1cc(N)ccc1C(N)=O. The van der Waals surface area contributed by atoms with Gasteiger partial charge in [0.1, 0.15) is 0 Å². The third-order valence-electron chi connectivity index (χ3n) is 4.15. The van der Waals surface area contributed by atoms with Crippen molar-refractivity contribution in [1.82, 2.24) is 0 Å². The smallest absolute Gasteiger partial charge is 0.250 e. The van der Waals surface area contributed by atoms with Crippen molar-refractivity contribution in [2.45, 2.75) is 32.6 Å². The van der Waals surface area contributed by atoms with Gasteiger partial charge >= 0.3 is 0 Å². The van der Waals surface area contributed by atoms with Crippen LogP contribution in [0.25, 0.3) is 0 Å². The Balaban J connectivity index is 2.05. The molecule has 0 heterocycles. The lowest BCUT2D eigenvalue weighted by molar-refractivity contribution is 0.100. The monoisotopic (exact) mass is 261 g/mol. The standard InChI is InChI=1S/C15H23N3O/c1-10-4-2-3-5-11(10)9-18-14-8-12(16)6-7-13(14)15(17)19/h6-8,10-11,18H,2-5,9,16H2,1H3,(H2,17,19). The van der Waals surface area contributed by atoms with Crippen LogP contribution in [0.1, 0.15) is 43.0 Å². The second-order valence-electron chi connectivity index (χ2n) is 5.57. The molecular weight excluding hydrogens is 238 g/mol. The Bertz CT molecular complexity index is 459. The average Bonchev–Trinajstić information content (AvgIpc) is 2.37. The number of rotatable bonds is 4. The molecule has 1 fully saturated rings. The first-order chi connectivity index (χ1) is 9.08. The molecule has 0 spiro atoms. The second-order valence-corrected chi connectivity index (χ2v) is 5.57. The van der Waals surface area contributed by atoms with Gasteiger partial charge in [0, 0.05) is 17.9 Å². The van der Waals surface area contributed by atoms with Crippen molar-refractivity contribution in [3.8, 4) is 0 Å². The highest BCUT2D eigenvalue weighted by Gasteiger charge is 2.21. The molecular formula is C15H23N3O. The molecule has 2 rings (SSSR count). The molecule has 104 valence electrons. The molecule has 0 radical (unpaired) electrons. The van der Waals surface area contributed by atoms with E-state index in [1.54, 1.807) is 18.2 Å². The van der Waals surface area contributed by atoms with Crippen molar-refractivity contribution in [3.05, 3.63) is 23.8 Å². The van der Waals surface area contributed by atoms with Crippen LogP contribution in [0, 0.1) is 11.8 Å². The van der Waals surface area contributed by atoms with Gasteiger partial charge in [0.05, 0.1) is 5.56 Å². The Morgan fingerprint density at radius 2 is 2.11 bits per heavy atom. The number of primary amides is 1. The molecule has 1 aliphatic carbocycles. The van der Waals surface area contributed by atoms with Crippen LogP contribution in [-0.4, -0.2) is 12.5 Å². The molecule has 0 saturated heterocycles. The highest BCUT2D eigenvalue weighted by molar-refractivity contribution is 5.99. The number of anilines is 2. The fourth-order valence-corrected chi connectivity index (χ4v) is 2.86. The number of hydrogen-bond donors (Lipinski definition) is 3. The molecule has 1 amide bonds. The number of nitrogen functional groups attached to an aromatic ring is 1. The topological polar surface area (TPSA) is 81.1 Å². The van der Waals surface area contributed by atoms with Crippen LogP contribution < -0.4 is 16.8 Å². The zero-order chi connectivity index (χ0) is 13.8. The summed E-state index contributed by atoms with van der Waals surface area (Å²) in [4.78, 5) is 11.4. The fourth-order valence-electron chi connectivity index (χ4n) is 2.86. The molecule has 0 aliphatic heterocycles.